The standard InChI is InChI=1S/C19H17FN4O3/c20-16-9-13(1-6-17(16)24-8-7-22-12-24)10-23-18(25)11-27-15-4-2-14(3-5-15)19(21)26/h1-9,12H,10-11H2,(H2,21,26)(H,23,25). The van der Waals surface area contributed by atoms with E-state index < -0.39 is 11.7 Å². The Kier molecular flexibility index (Phi) is 5.46. The molecular formula is C19H17FN4O3. The molecule has 0 atom stereocenters. The third-order valence-corrected chi connectivity index (χ3v) is 3.79. The molecule has 3 N–H and O–H groups in total. The number of amides is 2. The number of hydrogen-bond donors (Lipinski definition) is 2. The zero-order chi connectivity index (χ0) is 19.2. The average molecular weight is 368 g/mol. The third kappa shape index (κ3) is 4.69. The Labute approximate surface area is 154 Å². The van der Waals surface area contributed by atoms with Gasteiger partial charge in [0.25, 0.3) is 5.91 Å². The quantitative estimate of drug-likeness (QED) is 0.664. The van der Waals surface area contributed by atoms with Crippen molar-refractivity contribution in [3.8, 4) is 11.4 Å². The molecule has 2 aromatic carbocycles. The fourth-order valence-electron chi connectivity index (χ4n) is 2.39. The fraction of sp³-hybridized carbons (Fsp3) is 0.105. The zero-order valence-corrected chi connectivity index (χ0v) is 14.3. The summed E-state index contributed by atoms with van der Waals surface area (Å²) in [4.78, 5) is 26.8. The Morgan fingerprint density at radius 1 is 1.19 bits per heavy atom. The van der Waals surface area contributed by atoms with E-state index in [1.807, 2.05) is 0 Å². The predicted octanol–water partition coefficient (Wildman–Crippen LogP) is 1.81. The van der Waals surface area contributed by atoms with Gasteiger partial charge in [0, 0.05) is 24.5 Å². The molecule has 0 bridgehead atoms. The van der Waals surface area contributed by atoms with E-state index in [0.29, 0.717) is 22.6 Å². The largest absolute Gasteiger partial charge is 0.484 e. The van der Waals surface area contributed by atoms with Crippen molar-refractivity contribution in [1.82, 2.24) is 14.9 Å². The molecule has 1 heterocycles. The van der Waals surface area contributed by atoms with Crippen LogP contribution in [0.3, 0.4) is 0 Å². The van der Waals surface area contributed by atoms with Crippen LogP contribution in [-0.2, 0) is 11.3 Å². The van der Waals surface area contributed by atoms with E-state index >= 15 is 0 Å². The zero-order valence-electron chi connectivity index (χ0n) is 14.3. The maximum Gasteiger partial charge on any atom is 0.258 e. The van der Waals surface area contributed by atoms with Gasteiger partial charge in [0.2, 0.25) is 5.91 Å². The molecule has 1 aromatic heterocycles. The highest BCUT2D eigenvalue weighted by molar-refractivity contribution is 5.92. The van der Waals surface area contributed by atoms with Crippen molar-refractivity contribution in [1.29, 1.82) is 0 Å². The van der Waals surface area contributed by atoms with E-state index in [1.165, 1.54) is 24.5 Å². The summed E-state index contributed by atoms with van der Waals surface area (Å²) in [7, 11) is 0. The summed E-state index contributed by atoms with van der Waals surface area (Å²) in [5.41, 5.74) is 6.51. The highest BCUT2D eigenvalue weighted by Gasteiger charge is 2.08. The Morgan fingerprint density at radius 3 is 2.59 bits per heavy atom. The molecule has 7 nitrogen and oxygen atoms in total. The molecule has 0 fully saturated rings. The summed E-state index contributed by atoms with van der Waals surface area (Å²) in [6.45, 7) is -0.0323. The second-order valence-electron chi connectivity index (χ2n) is 5.71. The topological polar surface area (TPSA) is 99.2 Å². The number of benzene rings is 2. The monoisotopic (exact) mass is 368 g/mol. The van der Waals surface area contributed by atoms with Crippen molar-refractivity contribution in [2.45, 2.75) is 6.54 Å². The fourth-order valence-corrected chi connectivity index (χ4v) is 2.39. The number of nitrogens with zero attached hydrogens (tertiary/aromatic N) is 2. The van der Waals surface area contributed by atoms with Crippen LogP contribution in [0.25, 0.3) is 5.69 Å². The van der Waals surface area contributed by atoms with E-state index in [0.717, 1.165) is 0 Å². The van der Waals surface area contributed by atoms with Crippen molar-refractivity contribution in [2.75, 3.05) is 6.61 Å². The number of primary amides is 1. The van der Waals surface area contributed by atoms with Gasteiger partial charge in [-0.1, -0.05) is 6.07 Å². The Morgan fingerprint density at radius 2 is 1.96 bits per heavy atom. The minimum Gasteiger partial charge on any atom is -0.484 e. The van der Waals surface area contributed by atoms with E-state index in [4.69, 9.17) is 10.5 Å². The molecule has 2 amide bonds. The summed E-state index contributed by atoms with van der Waals surface area (Å²) >= 11 is 0. The Hall–Kier alpha value is -3.68. The van der Waals surface area contributed by atoms with Crippen molar-refractivity contribution in [3.63, 3.8) is 0 Å². The summed E-state index contributed by atoms with van der Waals surface area (Å²) in [5.74, 6) is -0.866. The van der Waals surface area contributed by atoms with E-state index in [2.05, 4.69) is 10.3 Å². The molecule has 0 unspecified atom stereocenters. The first kappa shape index (κ1) is 18.1. The normalized spacial score (nSPS) is 10.4. The molecule has 138 valence electrons. The van der Waals surface area contributed by atoms with Gasteiger partial charge < -0.3 is 20.4 Å². The van der Waals surface area contributed by atoms with Crippen LogP contribution in [0.2, 0.25) is 0 Å². The van der Waals surface area contributed by atoms with E-state index in [9.17, 15) is 14.0 Å². The summed E-state index contributed by atoms with van der Waals surface area (Å²) in [5, 5.41) is 2.66. The molecule has 0 saturated heterocycles. The lowest BCUT2D eigenvalue weighted by atomic mass is 10.2. The van der Waals surface area contributed by atoms with E-state index in [-0.39, 0.29) is 19.1 Å². The van der Waals surface area contributed by atoms with Gasteiger partial charge in [-0.05, 0) is 42.0 Å². The molecule has 0 radical (unpaired) electrons. The highest BCUT2D eigenvalue weighted by atomic mass is 19.1. The number of carbonyl (C=O) groups excluding carboxylic acids is 2. The molecule has 8 heteroatoms. The van der Waals surface area contributed by atoms with Crippen LogP contribution in [0.1, 0.15) is 15.9 Å². The molecule has 0 aliphatic carbocycles. The highest BCUT2D eigenvalue weighted by Crippen LogP contribution is 2.15. The third-order valence-electron chi connectivity index (χ3n) is 3.79. The second-order valence-corrected chi connectivity index (χ2v) is 5.71. The molecule has 0 aliphatic rings. The smallest absolute Gasteiger partial charge is 0.258 e. The first-order valence-electron chi connectivity index (χ1n) is 8.09. The number of hydrogen-bond acceptors (Lipinski definition) is 4. The Bertz CT molecular complexity index is 940. The van der Waals surface area contributed by atoms with Crippen molar-refractivity contribution >= 4 is 11.8 Å². The average Bonchev–Trinajstić information content (AvgIpc) is 3.19. The van der Waals surface area contributed by atoms with Crippen molar-refractivity contribution in [2.24, 2.45) is 5.73 Å². The number of carbonyl (C=O) groups is 2. The van der Waals surface area contributed by atoms with Crippen LogP contribution in [0, 0.1) is 5.82 Å². The molecule has 3 rings (SSSR count). The maximum atomic E-state index is 14.2. The number of imidazole rings is 1. The van der Waals surface area contributed by atoms with Crippen LogP contribution in [0.15, 0.2) is 61.2 Å². The SMILES string of the molecule is NC(=O)c1ccc(OCC(=O)NCc2ccc(-n3ccnc3)c(F)c2)cc1. The van der Waals surface area contributed by atoms with Gasteiger partial charge in [-0.15, -0.1) is 0 Å². The minimum absolute atomic E-state index is 0.171. The molecule has 0 saturated carbocycles. The van der Waals surface area contributed by atoms with Crippen LogP contribution in [-0.4, -0.2) is 28.0 Å². The molecule has 0 aliphatic heterocycles. The maximum absolute atomic E-state index is 14.2. The van der Waals surface area contributed by atoms with Gasteiger partial charge in [-0.2, -0.15) is 0 Å². The Balaban J connectivity index is 1.50. The number of nitrogens with two attached hydrogens (primary N) is 1. The van der Waals surface area contributed by atoms with Crippen molar-refractivity contribution < 1.29 is 18.7 Å². The molecule has 27 heavy (non-hydrogen) atoms. The summed E-state index contributed by atoms with van der Waals surface area (Å²) in [6.07, 6.45) is 4.72. The minimum atomic E-state index is -0.536. The number of halogens is 1. The van der Waals surface area contributed by atoms with Crippen LogP contribution in [0.4, 0.5) is 4.39 Å². The lowest BCUT2D eigenvalue weighted by molar-refractivity contribution is -0.123. The molecular weight excluding hydrogens is 351 g/mol. The number of nitrogens with one attached hydrogen (secondary N) is 1. The summed E-state index contributed by atoms with van der Waals surface area (Å²) < 4.78 is 21.1. The van der Waals surface area contributed by atoms with Gasteiger partial charge in [0.1, 0.15) is 11.6 Å². The number of aromatic nitrogens is 2. The number of rotatable bonds is 7. The molecule has 0 spiro atoms. The van der Waals surface area contributed by atoms with Crippen LogP contribution in [0.5, 0.6) is 5.75 Å². The van der Waals surface area contributed by atoms with E-state index in [1.54, 1.807) is 41.2 Å². The number of ether oxygens (including phenoxy) is 1. The van der Waals surface area contributed by atoms with Crippen LogP contribution < -0.4 is 15.8 Å². The van der Waals surface area contributed by atoms with Gasteiger partial charge in [0.05, 0.1) is 12.0 Å². The lowest BCUT2D eigenvalue weighted by Gasteiger charge is -2.09. The second kappa shape index (κ2) is 8.13. The lowest BCUT2D eigenvalue weighted by Crippen LogP contribution is -2.28. The van der Waals surface area contributed by atoms with Gasteiger partial charge in [-0.3, -0.25) is 9.59 Å². The van der Waals surface area contributed by atoms with Gasteiger partial charge in [-0.25, -0.2) is 9.37 Å². The van der Waals surface area contributed by atoms with Gasteiger partial charge >= 0.3 is 0 Å². The van der Waals surface area contributed by atoms with Crippen molar-refractivity contribution in [3.05, 3.63) is 78.1 Å². The first-order valence-corrected chi connectivity index (χ1v) is 8.09. The van der Waals surface area contributed by atoms with Crippen LogP contribution >= 0.6 is 0 Å². The predicted molar refractivity (Wildman–Crippen MR) is 95.8 cm³/mol. The van der Waals surface area contributed by atoms with Gasteiger partial charge in [0.15, 0.2) is 6.61 Å². The summed E-state index contributed by atoms with van der Waals surface area (Å²) in [6, 6.07) is 10.8. The molecule has 3 aromatic rings. The first-order chi connectivity index (χ1) is 13.0.